The number of rotatable bonds is 22. The highest BCUT2D eigenvalue weighted by Gasteiger charge is 2.13. The summed E-state index contributed by atoms with van der Waals surface area (Å²) in [6.07, 6.45) is 13.9. The summed E-state index contributed by atoms with van der Waals surface area (Å²) in [4.78, 5) is 0. The standard InChI is InChI=1S/C22H48NO4/c1-4-5-6-7-8-9-10-11-12-13-14-23(2,3)15-17-25-19-21-27-22-20-26-18-16-24/h24H,4-22H2,1-3H3/q+1. The van der Waals surface area contributed by atoms with Gasteiger partial charge in [0, 0.05) is 0 Å². The first kappa shape index (κ1) is 26.8. The van der Waals surface area contributed by atoms with Crippen molar-refractivity contribution in [1.29, 1.82) is 0 Å². The van der Waals surface area contributed by atoms with Crippen LogP contribution in [0.15, 0.2) is 0 Å². The molecule has 5 nitrogen and oxygen atoms in total. The lowest BCUT2D eigenvalue weighted by molar-refractivity contribution is -0.891. The molecule has 0 aromatic rings. The molecule has 0 unspecified atom stereocenters. The molecule has 0 aliphatic rings. The Morgan fingerprint density at radius 3 is 1.52 bits per heavy atom. The summed E-state index contributed by atoms with van der Waals surface area (Å²) < 4.78 is 17.2. The van der Waals surface area contributed by atoms with Crippen molar-refractivity contribution in [2.24, 2.45) is 0 Å². The van der Waals surface area contributed by atoms with E-state index in [2.05, 4.69) is 21.0 Å². The summed E-state index contributed by atoms with van der Waals surface area (Å²) in [6, 6.07) is 0. The van der Waals surface area contributed by atoms with E-state index in [-0.39, 0.29) is 6.61 Å². The van der Waals surface area contributed by atoms with Crippen LogP contribution in [0.3, 0.4) is 0 Å². The van der Waals surface area contributed by atoms with E-state index >= 15 is 0 Å². The fraction of sp³-hybridized carbons (Fsp3) is 1.00. The van der Waals surface area contributed by atoms with Crippen molar-refractivity contribution in [3.05, 3.63) is 0 Å². The molecule has 0 saturated heterocycles. The molecule has 0 radical (unpaired) electrons. The molecule has 0 aliphatic heterocycles. The summed E-state index contributed by atoms with van der Waals surface area (Å²) in [5.41, 5.74) is 0. The molecular formula is C22H48NO4+. The first-order chi connectivity index (χ1) is 13.1. The lowest BCUT2D eigenvalue weighted by atomic mass is 10.1. The first-order valence-electron chi connectivity index (χ1n) is 11.3. The third kappa shape index (κ3) is 22.0. The number of aliphatic hydroxyl groups is 1. The van der Waals surface area contributed by atoms with Gasteiger partial charge >= 0.3 is 0 Å². The molecular weight excluding hydrogens is 342 g/mol. The summed E-state index contributed by atoms with van der Waals surface area (Å²) in [5, 5.41) is 8.58. The van der Waals surface area contributed by atoms with E-state index in [0.717, 1.165) is 17.6 Å². The van der Waals surface area contributed by atoms with Crippen molar-refractivity contribution in [3.8, 4) is 0 Å². The molecule has 0 rings (SSSR count). The summed E-state index contributed by atoms with van der Waals surface area (Å²) >= 11 is 0. The fourth-order valence-electron chi connectivity index (χ4n) is 3.06. The predicted molar refractivity (Wildman–Crippen MR) is 113 cm³/mol. The van der Waals surface area contributed by atoms with Crippen molar-refractivity contribution in [2.45, 2.75) is 71.1 Å². The van der Waals surface area contributed by atoms with E-state index in [4.69, 9.17) is 19.3 Å². The third-order valence-electron chi connectivity index (χ3n) is 4.94. The Labute approximate surface area is 169 Å². The van der Waals surface area contributed by atoms with Gasteiger partial charge in [-0.3, -0.25) is 0 Å². The summed E-state index contributed by atoms with van der Waals surface area (Å²) in [5.74, 6) is 0. The quantitative estimate of drug-likeness (QED) is 0.224. The Morgan fingerprint density at radius 2 is 1.00 bits per heavy atom. The maximum absolute atomic E-state index is 8.58. The zero-order valence-electron chi connectivity index (χ0n) is 18.6. The highest BCUT2D eigenvalue weighted by Crippen LogP contribution is 2.11. The SMILES string of the molecule is CCCCCCCCCCCC[N+](C)(C)CCOCCOCCOCCO. The third-order valence-corrected chi connectivity index (χ3v) is 4.94. The zero-order chi connectivity index (χ0) is 20.1. The second-order valence-electron chi connectivity index (χ2n) is 8.13. The Kier molecular flexibility index (Phi) is 20.4. The minimum atomic E-state index is 0.0657. The van der Waals surface area contributed by atoms with Gasteiger partial charge in [0.2, 0.25) is 0 Å². The number of hydrogen-bond donors (Lipinski definition) is 1. The van der Waals surface area contributed by atoms with Gasteiger partial charge in [0.25, 0.3) is 0 Å². The van der Waals surface area contributed by atoms with Crippen LogP contribution in [-0.4, -0.2) is 83.0 Å². The van der Waals surface area contributed by atoms with Crippen LogP contribution < -0.4 is 0 Å². The minimum absolute atomic E-state index is 0.0657. The normalized spacial score (nSPS) is 12.0. The molecule has 0 aromatic heterocycles. The van der Waals surface area contributed by atoms with Crippen molar-refractivity contribution >= 4 is 0 Å². The number of hydrogen-bond acceptors (Lipinski definition) is 4. The average Bonchev–Trinajstić information content (AvgIpc) is 2.64. The van der Waals surface area contributed by atoms with E-state index in [1.54, 1.807) is 0 Å². The molecule has 0 fully saturated rings. The second kappa shape index (κ2) is 20.5. The van der Waals surface area contributed by atoms with Gasteiger partial charge in [-0.1, -0.05) is 58.3 Å². The van der Waals surface area contributed by atoms with Crippen LogP contribution in [-0.2, 0) is 14.2 Å². The van der Waals surface area contributed by atoms with Crippen LogP contribution >= 0.6 is 0 Å². The molecule has 0 aromatic carbocycles. The molecule has 0 saturated carbocycles. The molecule has 1 N–H and O–H groups in total. The minimum Gasteiger partial charge on any atom is -0.394 e. The van der Waals surface area contributed by atoms with Crippen LogP contribution in [0.25, 0.3) is 0 Å². The molecule has 164 valence electrons. The number of quaternary nitrogens is 1. The number of ether oxygens (including phenoxy) is 3. The van der Waals surface area contributed by atoms with Gasteiger partial charge in [-0.15, -0.1) is 0 Å². The predicted octanol–water partition coefficient (Wildman–Crippen LogP) is 4.03. The molecule has 0 spiro atoms. The van der Waals surface area contributed by atoms with Crippen molar-refractivity contribution in [1.82, 2.24) is 0 Å². The number of unbranched alkanes of at least 4 members (excludes halogenated alkanes) is 9. The highest BCUT2D eigenvalue weighted by molar-refractivity contribution is 4.48. The maximum Gasteiger partial charge on any atom is 0.102 e. The maximum atomic E-state index is 8.58. The molecule has 0 bridgehead atoms. The van der Waals surface area contributed by atoms with Gasteiger partial charge in [-0.2, -0.15) is 0 Å². The van der Waals surface area contributed by atoms with Crippen molar-refractivity contribution in [2.75, 3.05) is 73.4 Å². The largest absolute Gasteiger partial charge is 0.394 e. The van der Waals surface area contributed by atoms with E-state index < -0.39 is 0 Å². The molecule has 27 heavy (non-hydrogen) atoms. The molecule has 0 heterocycles. The molecule has 0 aliphatic carbocycles. The summed E-state index contributed by atoms with van der Waals surface area (Å²) in [6.45, 7) is 8.13. The van der Waals surface area contributed by atoms with E-state index in [1.807, 2.05) is 0 Å². The highest BCUT2D eigenvalue weighted by atomic mass is 16.5. The van der Waals surface area contributed by atoms with Crippen LogP contribution in [0, 0.1) is 0 Å². The van der Waals surface area contributed by atoms with Gasteiger partial charge in [0.1, 0.15) is 6.54 Å². The van der Waals surface area contributed by atoms with Gasteiger partial charge < -0.3 is 23.8 Å². The number of likely N-dealkylation sites (N-methyl/N-ethyl adjacent to an activating group) is 1. The van der Waals surface area contributed by atoms with Crippen molar-refractivity contribution < 1.29 is 23.8 Å². The first-order valence-corrected chi connectivity index (χ1v) is 11.3. The van der Waals surface area contributed by atoms with Crippen molar-refractivity contribution in [3.63, 3.8) is 0 Å². The van der Waals surface area contributed by atoms with Gasteiger partial charge in [0.15, 0.2) is 0 Å². The van der Waals surface area contributed by atoms with Crippen LogP contribution in [0.4, 0.5) is 0 Å². The fourth-order valence-corrected chi connectivity index (χ4v) is 3.06. The van der Waals surface area contributed by atoms with E-state index in [0.29, 0.717) is 33.0 Å². The Balaban J connectivity index is 3.31. The van der Waals surface area contributed by atoms with E-state index in [9.17, 15) is 0 Å². The van der Waals surface area contributed by atoms with Gasteiger partial charge in [-0.05, 0) is 12.8 Å². The monoisotopic (exact) mass is 390 g/mol. The zero-order valence-corrected chi connectivity index (χ0v) is 18.6. The average molecular weight is 391 g/mol. The number of aliphatic hydroxyl groups excluding tert-OH is 1. The molecule has 0 atom stereocenters. The Hall–Kier alpha value is -0.200. The topological polar surface area (TPSA) is 47.9 Å². The number of nitrogens with zero attached hydrogens (tertiary/aromatic N) is 1. The molecule has 5 heteroatoms. The van der Waals surface area contributed by atoms with Gasteiger partial charge in [0.05, 0.1) is 66.9 Å². The lowest BCUT2D eigenvalue weighted by Gasteiger charge is -2.29. The molecule has 0 amide bonds. The van der Waals surface area contributed by atoms with Crippen LogP contribution in [0.2, 0.25) is 0 Å². The second-order valence-corrected chi connectivity index (χ2v) is 8.13. The van der Waals surface area contributed by atoms with Crippen LogP contribution in [0.1, 0.15) is 71.1 Å². The Bertz CT molecular complexity index is 261. The summed E-state index contributed by atoms with van der Waals surface area (Å²) in [7, 11) is 4.60. The van der Waals surface area contributed by atoms with E-state index in [1.165, 1.54) is 70.8 Å². The van der Waals surface area contributed by atoms with Gasteiger partial charge in [-0.25, -0.2) is 0 Å². The Morgan fingerprint density at radius 1 is 0.556 bits per heavy atom. The van der Waals surface area contributed by atoms with Crippen LogP contribution in [0.5, 0.6) is 0 Å². The smallest absolute Gasteiger partial charge is 0.102 e. The lowest BCUT2D eigenvalue weighted by Crippen LogP contribution is -2.43.